The summed E-state index contributed by atoms with van der Waals surface area (Å²) in [6, 6.07) is 5.68. The fourth-order valence-corrected chi connectivity index (χ4v) is 2.61. The Morgan fingerprint density at radius 3 is 2.79 bits per heavy atom. The Morgan fingerprint density at radius 2 is 2.16 bits per heavy atom. The average molecular weight is 277 g/mol. The third kappa shape index (κ3) is 3.38. The van der Waals surface area contributed by atoms with E-state index in [-0.39, 0.29) is 5.54 Å². The molecule has 19 heavy (non-hydrogen) atoms. The molecule has 2 aromatic rings. The van der Waals surface area contributed by atoms with Gasteiger partial charge in [-0.2, -0.15) is 0 Å². The Balaban J connectivity index is 2.23. The molecule has 0 bridgehead atoms. The smallest absolute Gasteiger partial charge is 0.123 e. The quantitative estimate of drug-likeness (QED) is 0.822. The lowest BCUT2D eigenvalue weighted by Crippen LogP contribution is -2.27. The Kier molecular flexibility index (Phi) is 3.95. The Hall–Kier alpha value is -1.75. The van der Waals surface area contributed by atoms with Gasteiger partial charge >= 0.3 is 0 Å². The zero-order valence-electron chi connectivity index (χ0n) is 11.4. The number of nitrogen functional groups attached to an aromatic ring is 1. The molecule has 0 aliphatic carbocycles. The molecule has 0 unspecified atom stereocenters. The minimum absolute atomic E-state index is 0.245. The minimum atomic E-state index is -0.245. The van der Waals surface area contributed by atoms with Crippen molar-refractivity contribution in [3.05, 3.63) is 34.8 Å². The normalized spacial score (nSPS) is 11.3. The number of ether oxygens (including phenoxy) is 1. The van der Waals surface area contributed by atoms with Crippen LogP contribution in [0.4, 0.5) is 11.4 Å². The molecule has 0 saturated heterocycles. The lowest BCUT2D eigenvalue weighted by Gasteiger charge is -2.25. The SMILES string of the molecule is CCOc1cc(N)cc(NC(C)(C)c2nccs2)c1. The fourth-order valence-electron chi connectivity index (χ4n) is 1.89. The van der Waals surface area contributed by atoms with E-state index in [0.717, 1.165) is 16.4 Å². The van der Waals surface area contributed by atoms with Crippen LogP contribution in [0.25, 0.3) is 0 Å². The zero-order valence-corrected chi connectivity index (χ0v) is 12.3. The van der Waals surface area contributed by atoms with Crippen LogP contribution in [0.1, 0.15) is 25.8 Å². The van der Waals surface area contributed by atoms with E-state index in [0.29, 0.717) is 12.3 Å². The molecule has 1 heterocycles. The van der Waals surface area contributed by atoms with Crippen molar-refractivity contribution >= 4 is 22.7 Å². The molecule has 4 nitrogen and oxygen atoms in total. The largest absolute Gasteiger partial charge is 0.494 e. The van der Waals surface area contributed by atoms with E-state index in [9.17, 15) is 0 Å². The van der Waals surface area contributed by atoms with Gasteiger partial charge in [-0.1, -0.05) is 0 Å². The first kappa shape index (κ1) is 13.7. The first-order chi connectivity index (χ1) is 9.01. The first-order valence-electron chi connectivity index (χ1n) is 6.23. The van der Waals surface area contributed by atoms with Crippen LogP contribution in [0.15, 0.2) is 29.8 Å². The number of hydrogen-bond acceptors (Lipinski definition) is 5. The molecule has 0 saturated carbocycles. The Labute approximate surface area is 117 Å². The van der Waals surface area contributed by atoms with E-state index >= 15 is 0 Å². The van der Waals surface area contributed by atoms with Crippen LogP contribution < -0.4 is 15.8 Å². The number of nitrogens with two attached hydrogens (primary N) is 1. The molecule has 0 amide bonds. The molecular weight excluding hydrogens is 258 g/mol. The first-order valence-corrected chi connectivity index (χ1v) is 7.11. The summed E-state index contributed by atoms with van der Waals surface area (Å²) in [4.78, 5) is 4.36. The highest BCUT2D eigenvalue weighted by Gasteiger charge is 2.23. The van der Waals surface area contributed by atoms with Crippen LogP contribution in [0.2, 0.25) is 0 Å². The summed E-state index contributed by atoms with van der Waals surface area (Å²) < 4.78 is 5.50. The monoisotopic (exact) mass is 277 g/mol. The molecule has 2 rings (SSSR count). The molecule has 3 N–H and O–H groups in total. The maximum Gasteiger partial charge on any atom is 0.123 e. The zero-order chi connectivity index (χ0) is 13.9. The highest BCUT2D eigenvalue weighted by atomic mass is 32.1. The predicted octanol–water partition coefficient (Wildman–Crippen LogP) is 3.47. The number of rotatable bonds is 5. The van der Waals surface area contributed by atoms with E-state index in [1.54, 1.807) is 11.3 Å². The average Bonchev–Trinajstić information content (AvgIpc) is 2.81. The van der Waals surface area contributed by atoms with Crippen LogP contribution in [0.5, 0.6) is 5.75 Å². The molecule has 0 spiro atoms. The topological polar surface area (TPSA) is 60.2 Å². The summed E-state index contributed by atoms with van der Waals surface area (Å²) in [5.74, 6) is 0.778. The summed E-state index contributed by atoms with van der Waals surface area (Å²) in [7, 11) is 0. The maximum atomic E-state index is 5.89. The summed E-state index contributed by atoms with van der Waals surface area (Å²) >= 11 is 1.63. The van der Waals surface area contributed by atoms with Crippen molar-refractivity contribution < 1.29 is 4.74 Å². The van der Waals surface area contributed by atoms with Gasteiger partial charge in [0, 0.05) is 35.1 Å². The molecule has 5 heteroatoms. The van der Waals surface area contributed by atoms with E-state index in [2.05, 4.69) is 24.1 Å². The van der Waals surface area contributed by atoms with E-state index in [4.69, 9.17) is 10.5 Å². The van der Waals surface area contributed by atoms with Crippen molar-refractivity contribution in [2.24, 2.45) is 0 Å². The lowest BCUT2D eigenvalue weighted by molar-refractivity contribution is 0.340. The molecule has 1 aromatic heterocycles. The van der Waals surface area contributed by atoms with Crippen LogP contribution in [0, 0.1) is 0 Å². The standard InChI is InChI=1S/C14H19N3OS/c1-4-18-12-8-10(15)7-11(9-12)17-14(2,3)13-16-5-6-19-13/h5-9,17H,4,15H2,1-3H3. The van der Waals surface area contributed by atoms with E-state index < -0.39 is 0 Å². The molecule has 102 valence electrons. The van der Waals surface area contributed by atoms with Crippen molar-refractivity contribution in [2.75, 3.05) is 17.7 Å². The molecule has 0 atom stereocenters. The molecule has 0 fully saturated rings. The van der Waals surface area contributed by atoms with Gasteiger partial charge in [-0.25, -0.2) is 4.98 Å². The number of thiazole rings is 1. The van der Waals surface area contributed by atoms with Crippen LogP contribution in [-0.4, -0.2) is 11.6 Å². The van der Waals surface area contributed by atoms with Gasteiger partial charge in [-0.05, 0) is 26.8 Å². The Bertz CT molecular complexity index is 538. The van der Waals surface area contributed by atoms with Crippen molar-refractivity contribution in [1.82, 2.24) is 4.98 Å². The lowest BCUT2D eigenvalue weighted by atomic mass is 10.1. The van der Waals surface area contributed by atoms with Gasteiger partial charge in [-0.15, -0.1) is 11.3 Å². The summed E-state index contributed by atoms with van der Waals surface area (Å²) in [5.41, 5.74) is 7.27. The van der Waals surface area contributed by atoms with Gasteiger partial charge in [0.05, 0.1) is 12.1 Å². The van der Waals surface area contributed by atoms with Gasteiger partial charge < -0.3 is 15.8 Å². The van der Waals surface area contributed by atoms with Crippen LogP contribution in [0.3, 0.4) is 0 Å². The second-order valence-electron chi connectivity index (χ2n) is 4.81. The maximum absolute atomic E-state index is 5.89. The minimum Gasteiger partial charge on any atom is -0.494 e. The van der Waals surface area contributed by atoms with Gasteiger partial charge in [0.1, 0.15) is 10.8 Å². The van der Waals surface area contributed by atoms with Crippen LogP contribution >= 0.6 is 11.3 Å². The third-order valence-corrected chi connectivity index (χ3v) is 3.76. The summed E-state index contributed by atoms with van der Waals surface area (Å²) in [5, 5.41) is 6.46. The number of anilines is 2. The predicted molar refractivity (Wildman–Crippen MR) is 80.8 cm³/mol. The van der Waals surface area contributed by atoms with E-state index in [1.807, 2.05) is 36.7 Å². The van der Waals surface area contributed by atoms with Gasteiger partial charge in [-0.3, -0.25) is 0 Å². The highest BCUT2D eigenvalue weighted by Crippen LogP contribution is 2.30. The molecule has 0 radical (unpaired) electrons. The molecule has 1 aromatic carbocycles. The van der Waals surface area contributed by atoms with Crippen molar-refractivity contribution in [3.8, 4) is 5.75 Å². The molecule has 0 aliphatic rings. The van der Waals surface area contributed by atoms with Crippen molar-refractivity contribution in [3.63, 3.8) is 0 Å². The number of nitrogens with zero attached hydrogens (tertiary/aromatic N) is 1. The molecule has 0 aliphatic heterocycles. The number of hydrogen-bond donors (Lipinski definition) is 2. The number of benzene rings is 1. The summed E-state index contributed by atoms with van der Waals surface area (Å²) in [6.07, 6.45) is 1.81. The summed E-state index contributed by atoms with van der Waals surface area (Å²) in [6.45, 7) is 6.76. The highest BCUT2D eigenvalue weighted by molar-refractivity contribution is 7.09. The second-order valence-corrected chi connectivity index (χ2v) is 5.71. The van der Waals surface area contributed by atoms with Gasteiger partial charge in [0.15, 0.2) is 0 Å². The molecular formula is C14H19N3OS. The van der Waals surface area contributed by atoms with Gasteiger partial charge in [0.2, 0.25) is 0 Å². The second kappa shape index (κ2) is 5.48. The third-order valence-electron chi connectivity index (χ3n) is 2.66. The van der Waals surface area contributed by atoms with Gasteiger partial charge in [0.25, 0.3) is 0 Å². The van der Waals surface area contributed by atoms with E-state index in [1.165, 1.54) is 0 Å². The fraction of sp³-hybridized carbons (Fsp3) is 0.357. The van der Waals surface area contributed by atoms with Crippen molar-refractivity contribution in [2.45, 2.75) is 26.3 Å². The van der Waals surface area contributed by atoms with Crippen LogP contribution in [-0.2, 0) is 5.54 Å². The van der Waals surface area contributed by atoms with Crippen molar-refractivity contribution in [1.29, 1.82) is 0 Å². The number of nitrogens with one attached hydrogen (secondary N) is 1. The Morgan fingerprint density at radius 1 is 1.37 bits per heavy atom. The number of aromatic nitrogens is 1.